The molecule has 6 heteroatoms. The van der Waals surface area contributed by atoms with Crippen LogP contribution in [0, 0.1) is 5.82 Å². The van der Waals surface area contributed by atoms with Gasteiger partial charge in [-0.15, -0.1) is 11.6 Å². The number of alkyl halides is 1. The number of anilines is 1. The summed E-state index contributed by atoms with van der Waals surface area (Å²) in [4.78, 5) is 3.93. The van der Waals surface area contributed by atoms with Crippen LogP contribution in [0.2, 0.25) is 0 Å². The van der Waals surface area contributed by atoms with Crippen molar-refractivity contribution < 1.29 is 9.13 Å². The fourth-order valence-electron chi connectivity index (χ4n) is 1.36. The quantitative estimate of drug-likeness (QED) is 0.851. The van der Waals surface area contributed by atoms with Gasteiger partial charge in [0.05, 0.1) is 24.6 Å². The van der Waals surface area contributed by atoms with Crippen molar-refractivity contribution in [3.05, 3.63) is 22.6 Å². The first-order valence-corrected chi connectivity index (χ1v) is 5.69. The van der Waals surface area contributed by atoms with Crippen molar-refractivity contribution in [1.82, 2.24) is 4.98 Å². The second-order valence-corrected chi connectivity index (χ2v) is 4.76. The molecule has 82 valence electrons. The first kappa shape index (κ1) is 11.1. The van der Waals surface area contributed by atoms with Crippen molar-refractivity contribution in [1.29, 1.82) is 0 Å². The van der Waals surface area contributed by atoms with Crippen molar-refractivity contribution in [2.75, 3.05) is 18.5 Å². The summed E-state index contributed by atoms with van der Waals surface area (Å²) < 4.78 is 19.2. The summed E-state index contributed by atoms with van der Waals surface area (Å²) in [5.41, 5.74) is 0. The molecule has 0 aliphatic carbocycles. The molecule has 1 aliphatic heterocycles. The molecule has 0 aromatic carbocycles. The Bertz CT molecular complexity index is 366. The third kappa shape index (κ3) is 2.59. The van der Waals surface area contributed by atoms with Crippen LogP contribution in [0.1, 0.15) is 0 Å². The van der Waals surface area contributed by atoms with Gasteiger partial charge in [-0.3, -0.25) is 0 Å². The molecule has 0 amide bonds. The average molecular weight is 296 g/mol. The normalized spacial score (nSPS) is 25.5. The molecule has 1 saturated heterocycles. The number of nitrogens with one attached hydrogen (secondary N) is 1. The monoisotopic (exact) mass is 294 g/mol. The highest BCUT2D eigenvalue weighted by Crippen LogP contribution is 2.20. The van der Waals surface area contributed by atoms with Gasteiger partial charge in [0.25, 0.3) is 0 Å². The van der Waals surface area contributed by atoms with Gasteiger partial charge in [-0.2, -0.15) is 0 Å². The van der Waals surface area contributed by atoms with Gasteiger partial charge < -0.3 is 10.1 Å². The molecule has 0 spiro atoms. The smallest absolute Gasteiger partial charge is 0.166 e. The van der Waals surface area contributed by atoms with Gasteiger partial charge in [0, 0.05) is 10.7 Å². The number of hydrogen-bond acceptors (Lipinski definition) is 3. The molecule has 1 aromatic heterocycles. The molecule has 2 atom stereocenters. The minimum atomic E-state index is -0.403. The highest BCUT2D eigenvalue weighted by molar-refractivity contribution is 9.10. The van der Waals surface area contributed by atoms with Crippen LogP contribution >= 0.6 is 27.5 Å². The number of hydrogen-bond donors (Lipinski definition) is 1. The predicted molar refractivity (Wildman–Crippen MR) is 59.8 cm³/mol. The van der Waals surface area contributed by atoms with Crippen LogP contribution in [0.4, 0.5) is 10.2 Å². The third-order valence-electron chi connectivity index (χ3n) is 2.14. The lowest BCUT2D eigenvalue weighted by atomic mass is 10.2. The minimum absolute atomic E-state index is 0.0881. The number of pyridine rings is 1. The lowest BCUT2D eigenvalue weighted by Crippen LogP contribution is -2.29. The van der Waals surface area contributed by atoms with Gasteiger partial charge in [-0.25, -0.2) is 9.37 Å². The second-order valence-electron chi connectivity index (χ2n) is 3.29. The highest BCUT2D eigenvalue weighted by atomic mass is 79.9. The Morgan fingerprint density at radius 2 is 2.40 bits per heavy atom. The molecule has 0 radical (unpaired) electrons. The van der Waals surface area contributed by atoms with E-state index in [9.17, 15) is 4.39 Å². The molecular weight excluding hydrogens is 286 g/mol. The number of aromatic nitrogens is 1. The van der Waals surface area contributed by atoms with Crippen molar-refractivity contribution in [2.45, 2.75) is 11.4 Å². The fraction of sp³-hybridized carbons (Fsp3) is 0.444. The van der Waals surface area contributed by atoms with Gasteiger partial charge in [0.1, 0.15) is 0 Å². The van der Waals surface area contributed by atoms with E-state index in [1.54, 1.807) is 0 Å². The summed E-state index contributed by atoms with van der Waals surface area (Å²) >= 11 is 9.10. The Kier molecular flexibility index (Phi) is 3.43. The van der Waals surface area contributed by atoms with Crippen molar-refractivity contribution in [3.8, 4) is 0 Å². The van der Waals surface area contributed by atoms with Crippen LogP contribution in [-0.2, 0) is 4.74 Å². The third-order valence-corrected chi connectivity index (χ3v) is 3.00. The molecule has 15 heavy (non-hydrogen) atoms. The maximum Gasteiger partial charge on any atom is 0.166 e. The summed E-state index contributed by atoms with van der Waals surface area (Å²) in [5, 5.41) is 2.78. The van der Waals surface area contributed by atoms with Gasteiger partial charge in [-0.05, 0) is 22.0 Å². The summed E-state index contributed by atoms with van der Waals surface area (Å²) in [6.07, 6.45) is 1.53. The molecule has 3 nitrogen and oxygen atoms in total. The Balaban J connectivity index is 2.10. The maximum absolute atomic E-state index is 13.4. The molecular formula is C9H9BrClFN2O. The zero-order chi connectivity index (χ0) is 10.8. The van der Waals surface area contributed by atoms with Gasteiger partial charge in [-0.1, -0.05) is 0 Å². The van der Waals surface area contributed by atoms with E-state index in [2.05, 4.69) is 26.2 Å². The first-order valence-electron chi connectivity index (χ1n) is 4.46. The molecule has 2 rings (SSSR count). The maximum atomic E-state index is 13.4. The number of nitrogens with zero attached hydrogens (tertiary/aromatic N) is 1. The molecule has 1 fully saturated rings. The first-order chi connectivity index (χ1) is 7.16. The molecule has 2 unspecified atom stereocenters. The van der Waals surface area contributed by atoms with Crippen LogP contribution in [-0.4, -0.2) is 29.6 Å². The van der Waals surface area contributed by atoms with Gasteiger partial charge in [0.15, 0.2) is 11.6 Å². The number of ether oxygens (including phenoxy) is 1. The molecule has 0 saturated carbocycles. The summed E-state index contributed by atoms with van der Waals surface area (Å²) in [6.45, 7) is 0.961. The average Bonchev–Trinajstić information content (AvgIpc) is 2.57. The van der Waals surface area contributed by atoms with E-state index in [1.165, 1.54) is 12.3 Å². The largest absolute Gasteiger partial charge is 0.378 e. The van der Waals surface area contributed by atoms with Crippen molar-refractivity contribution in [3.63, 3.8) is 0 Å². The Labute approximate surface area is 100 Å². The second kappa shape index (κ2) is 4.63. The van der Waals surface area contributed by atoms with Crippen LogP contribution < -0.4 is 5.32 Å². The predicted octanol–water partition coefficient (Wildman–Crippen LogP) is 2.40. The fourth-order valence-corrected chi connectivity index (χ4v) is 1.88. The van der Waals surface area contributed by atoms with E-state index in [0.29, 0.717) is 17.7 Å². The standard InChI is InChI=1S/C9H9BrClFN2O/c10-5-1-7(12)9(13-2-5)14-8-4-15-3-6(8)11/h1-2,6,8H,3-4H2,(H,13,14). The van der Waals surface area contributed by atoms with E-state index >= 15 is 0 Å². The van der Waals surface area contributed by atoms with E-state index in [0.717, 1.165) is 0 Å². The summed E-state index contributed by atoms with van der Waals surface area (Å²) in [6, 6.07) is 1.27. The minimum Gasteiger partial charge on any atom is -0.378 e. The molecule has 0 bridgehead atoms. The van der Waals surface area contributed by atoms with E-state index in [1.807, 2.05) is 0 Å². The molecule has 1 aliphatic rings. The van der Waals surface area contributed by atoms with Crippen molar-refractivity contribution in [2.24, 2.45) is 0 Å². The Morgan fingerprint density at radius 3 is 3.00 bits per heavy atom. The number of halogens is 3. The summed E-state index contributed by atoms with van der Waals surface area (Å²) in [5.74, 6) is -0.195. The van der Waals surface area contributed by atoms with Crippen LogP contribution in [0.25, 0.3) is 0 Å². The SMILES string of the molecule is Fc1cc(Br)cnc1NC1COCC1Cl. The molecule has 2 heterocycles. The van der Waals surface area contributed by atoms with Crippen LogP contribution in [0.5, 0.6) is 0 Å². The van der Waals surface area contributed by atoms with E-state index in [4.69, 9.17) is 16.3 Å². The van der Waals surface area contributed by atoms with Crippen molar-refractivity contribution >= 4 is 33.3 Å². The zero-order valence-electron chi connectivity index (χ0n) is 7.71. The molecule has 1 N–H and O–H groups in total. The highest BCUT2D eigenvalue weighted by Gasteiger charge is 2.27. The topological polar surface area (TPSA) is 34.2 Å². The van der Waals surface area contributed by atoms with Gasteiger partial charge in [0.2, 0.25) is 0 Å². The number of rotatable bonds is 2. The summed E-state index contributed by atoms with van der Waals surface area (Å²) in [7, 11) is 0. The van der Waals surface area contributed by atoms with E-state index < -0.39 is 5.82 Å². The van der Waals surface area contributed by atoms with Crippen LogP contribution in [0.3, 0.4) is 0 Å². The van der Waals surface area contributed by atoms with Gasteiger partial charge >= 0.3 is 0 Å². The Hall–Kier alpha value is -0.390. The lowest BCUT2D eigenvalue weighted by molar-refractivity contribution is 0.196. The molecule has 1 aromatic rings. The Morgan fingerprint density at radius 1 is 1.60 bits per heavy atom. The van der Waals surface area contributed by atoms with Crippen LogP contribution in [0.15, 0.2) is 16.7 Å². The lowest BCUT2D eigenvalue weighted by Gasteiger charge is -2.14. The van der Waals surface area contributed by atoms with E-state index in [-0.39, 0.29) is 17.2 Å². The zero-order valence-corrected chi connectivity index (χ0v) is 10.1.